The second kappa shape index (κ2) is 11.7. The summed E-state index contributed by atoms with van der Waals surface area (Å²) in [7, 11) is 1.70. The van der Waals surface area contributed by atoms with Gasteiger partial charge in [-0.2, -0.15) is 0 Å². The Kier molecular flexibility index (Phi) is 8.71. The van der Waals surface area contributed by atoms with Crippen molar-refractivity contribution in [2.24, 2.45) is 11.7 Å². The molecule has 0 radical (unpaired) electrons. The molecule has 2 fully saturated rings. The number of piperidine rings is 1. The number of likely N-dealkylation sites (tertiary alicyclic amines) is 2. The Morgan fingerprint density at radius 2 is 1.91 bits per heavy atom. The van der Waals surface area contributed by atoms with Crippen LogP contribution in [0.25, 0.3) is 11.1 Å². The number of benzene rings is 2. The number of carbonyl (C=O) groups excluding carboxylic acids is 1. The highest BCUT2D eigenvalue weighted by atomic mass is 35.5. The molecule has 0 bridgehead atoms. The van der Waals surface area contributed by atoms with Crippen LogP contribution in [0.3, 0.4) is 0 Å². The Labute approximate surface area is 214 Å². The van der Waals surface area contributed by atoms with E-state index in [1.165, 1.54) is 0 Å². The van der Waals surface area contributed by atoms with Gasteiger partial charge in [-0.15, -0.1) is 0 Å². The summed E-state index contributed by atoms with van der Waals surface area (Å²) < 4.78 is 5.26. The monoisotopic (exact) mass is 499 g/mol. The quantitative estimate of drug-likeness (QED) is 0.507. The van der Waals surface area contributed by atoms with Crippen LogP contribution in [0.2, 0.25) is 5.02 Å². The van der Waals surface area contributed by atoms with E-state index in [1.807, 2.05) is 52.3 Å². The summed E-state index contributed by atoms with van der Waals surface area (Å²) in [4.78, 5) is 17.1. The molecule has 0 aromatic heterocycles. The van der Waals surface area contributed by atoms with Crippen molar-refractivity contribution < 1.29 is 14.6 Å². The Morgan fingerprint density at radius 3 is 2.66 bits per heavy atom. The molecule has 2 unspecified atom stereocenters. The molecule has 190 valence electrons. The van der Waals surface area contributed by atoms with E-state index in [2.05, 4.69) is 6.07 Å². The van der Waals surface area contributed by atoms with Crippen molar-refractivity contribution in [3.05, 3.63) is 59.1 Å². The molecule has 3 atom stereocenters. The number of carbonyl (C=O) groups is 1. The zero-order chi connectivity index (χ0) is 24.8. The van der Waals surface area contributed by atoms with Crippen LogP contribution >= 0.6 is 11.6 Å². The highest BCUT2D eigenvalue weighted by Crippen LogP contribution is 2.44. The number of amides is 2. The van der Waals surface area contributed by atoms with Crippen LogP contribution in [0, 0.1) is 5.92 Å². The number of methoxy groups -OCH3 is 1. The third-order valence-electron chi connectivity index (χ3n) is 7.55. The number of nitrogens with zero attached hydrogens (tertiary/aromatic N) is 2. The van der Waals surface area contributed by atoms with Crippen LogP contribution < -0.4 is 5.73 Å². The maximum atomic E-state index is 13.3. The second-order valence-corrected chi connectivity index (χ2v) is 10.4. The van der Waals surface area contributed by atoms with Gasteiger partial charge in [0.1, 0.15) is 0 Å². The molecule has 2 aromatic carbocycles. The molecule has 6 nitrogen and oxygen atoms in total. The number of nitrogens with two attached hydrogens (primary N) is 1. The van der Waals surface area contributed by atoms with E-state index in [0.717, 1.165) is 55.3 Å². The van der Waals surface area contributed by atoms with Crippen molar-refractivity contribution in [1.82, 2.24) is 9.80 Å². The fourth-order valence-corrected chi connectivity index (χ4v) is 5.86. The minimum absolute atomic E-state index is 0.0486. The zero-order valence-electron chi connectivity index (χ0n) is 20.7. The minimum atomic E-state index is -1.08. The number of halogens is 1. The van der Waals surface area contributed by atoms with Gasteiger partial charge >= 0.3 is 6.03 Å². The van der Waals surface area contributed by atoms with Gasteiger partial charge in [0.05, 0.1) is 5.60 Å². The first kappa shape index (κ1) is 26.0. The Balaban J connectivity index is 1.65. The molecule has 0 saturated carbocycles. The second-order valence-electron chi connectivity index (χ2n) is 9.99. The molecule has 7 heteroatoms. The first-order valence-electron chi connectivity index (χ1n) is 12.8. The van der Waals surface area contributed by atoms with Crippen molar-refractivity contribution in [3.63, 3.8) is 0 Å². The summed E-state index contributed by atoms with van der Waals surface area (Å²) in [5, 5.41) is 13.1. The van der Waals surface area contributed by atoms with Crippen molar-refractivity contribution in [2.75, 3.05) is 39.9 Å². The van der Waals surface area contributed by atoms with Gasteiger partial charge in [0.25, 0.3) is 0 Å². The van der Waals surface area contributed by atoms with Gasteiger partial charge in [-0.05, 0) is 67.3 Å². The predicted octanol–water partition coefficient (Wildman–Crippen LogP) is 4.88. The van der Waals surface area contributed by atoms with Crippen LogP contribution in [-0.2, 0) is 10.3 Å². The van der Waals surface area contributed by atoms with Crippen molar-refractivity contribution >= 4 is 17.6 Å². The summed E-state index contributed by atoms with van der Waals surface area (Å²) in [6.07, 6.45) is 4.90. The molecular formula is C28H38ClN3O3. The third-order valence-corrected chi connectivity index (χ3v) is 7.78. The van der Waals surface area contributed by atoms with E-state index in [4.69, 9.17) is 22.1 Å². The average molecular weight is 500 g/mol. The molecule has 3 N–H and O–H groups in total. The molecule has 2 amide bonds. The molecule has 2 aliphatic rings. The zero-order valence-corrected chi connectivity index (χ0v) is 21.4. The number of hydrogen-bond acceptors (Lipinski definition) is 4. The van der Waals surface area contributed by atoms with Crippen LogP contribution in [-0.4, -0.2) is 66.9 Å². The summed E-state index contributed by atoms with van der Waals surface area (Å²) in [6.45, 7) is 3.24. The summed E-state index contributed by atoms with van der Waals surface area (Å²) in [5.74, 6) is -0.0700. The number of unbranched alkanes of at least 4 members (excludes halogenated alkanes) is 1. The van der Waals surface area contributed by atoms with Crippen molar-refractivity contribution in [2.45, 2.75) is 50.2 Å². The van der Waals surface area contributed by atoms with Crippen LogP contribution in [0.1, 0.15) is 44.1 Å². The first-order valence-corrected chi connectivity index (χ1v) is 13.2. The van der Waals surface area contributed by atoms with E-state index in [0.29, 0.717) is 37.7 Å². The van der Waals surface area contributed by atoms with Gasteiger partial charge in [0, 0.05) is 56.9 Å². The smallest absolute Gasteiger partial charge is 0.320 e. The molecule has 2 aliphatic heterocycles. The van der Waals surface area contributed by atoms with Gasteiger partial charge < -0.3 is 25.4 Å². The molecule has 2 heterocycles. The molecule has 0 aliphatic carbocycles. The lowest BCUT2D eigenvalue weighted by atomic mass is 9.72. The average Bonchev–Trinajstić information content (AvgIpc) is 3.32. The molecule has 0 spiro atoms. The van der Waals surface area contributed by atoms with Crippen LogP contribution in [0.15, 0.2) is 48.5 Å². The van der Waals surface area contributed by atoms with Gasteiger partial charge in [-0.3, -0.25) is 0 Å². The Hall–Kier alpha value is -2.12. The Bertz CT molecular complexity index is 1000. The van der Waals surface area contributed by atoms with E-state index >= 15 is 0 Å². The number of ether oxygens (including phenoxy) is 1. The SMILES string of the molecule is COCCCC[C@@](O)(c1ccccc1-c1cccc(Cl)c1)C1CCCN(C(=O)N2CCC(N)C2)C1. The van der Waals surface area contributed by atoms with Gasteiger partial charge in [-0.25, -0.2) is 4.79 Å². The number of hydrogen-bond donors (Lipinski definition) is 2. The topological polar surface area (TPSA) is 79.0 Å². The summed E-state index contributed by atoms with van der Waals surface area (Å²) in [5.41, 5.74) is 7.85. The lowest BCUT2D eigenvalue weighted by Gasteiger charge is -2.44. The molecule has 35 heavy (non-hydrogen) atoms. The maximum Gasteiger partial charge on any atom is 0.320 e. The highest BCUT2D eigenvalue weighted by molar-refractivity contribution is 6.30. The number of aliphatic hydroxyl groups is 1. The van der Waals surface area contributed by atoms with Crippen LogP contribution in [0.5, 0.6) is 0 Å². The lowest BCUT2D eigenvalue weighted by Crippen LogP contribution is -2.51. The third kappa shape index (κ3) is 6.00. The molecule has 2 aromatic rings. The number of urea groups is 1. The van der Waals surface area contributed by atoms with Crippen LogP contribution in [0.4, 0.5) is 4.79 Å². The first-order chi connectivity index (χ1) is 16.9. The lowest BCUT2D eigenvalue weighted by molar-refractivity contribution is -0.0571. The van der Waals surface area contributed by atoms with E-state index in [9.17, 15) is 9.90 Å². The van der Waals surface area contributed by atoms with Crippen molar-refractivity contribution in [3.8, 4) is 11.1 Å². The van der Waals surface area contributed by atoms with Crippen molar-refractivity contribution in [1.29, 1.82) is 0 Å². The molecule has 4 rings (SSSR count). The Morgan fingerprint density at radius 1 is 1.11 bits per heavy atom. The summed E-state index contributed by atoms with van der Waals surface area (Å²) >= 11 is 6.32. The molecular weight excluding hydrogens is 462 g/mol. The van der Waals surface area contributed by atoms with Gasteiger partial charge in [0.15, 0.2) is 0 Å². The number of rotatable bonds is 8. The fourth-order valence-electron chi connectivity index (χ4n) is 5.67. The van der Waals surface area contributed by atoms with Gasteiger partial charge in [0.2, 0.25) is 0 Å². The predicted molar refractivity (Wildman–Crippen MR) is 140 cm³/mol. The highest BCUT2D eigenvalue weighted by Gasteiger charge is 2.43. The standard InChI is InChI=1S/C28H38ClN3O3/c1-35-17-5-4-14-28(34,26-12-3-2-11-25(26)21-8-6-10-23(29)18-21)22-9-7-15-31(19-22)27(33)32-16-13-24(30)20-32/h2-3,6,8,10-12,18,22,24,34H,4-5,7,9,13-17,19-20,30H2,1H3/t22?,24?,28-/m0/s1. The normalized spacial score (nSPS) is 22.3. The van der Waals surface area contributed by atoms with E-state index in [1.54, 1.807) is 7.11 Å². The largest absolute Gasteiger partial charge is 0.385 e. The fraction of sp³-hybridized carbons (Fsp3) is 0.536. The van der Waals surface area contributed by atoms with E-state index < -0.39 is 5.60 Å². The summed E-state index contributed by atoms with van der Waals surface area (Å²) in [6, 6.07) is 16.0. The van der Waals surface area contributed by atoms with Gasteiger partial charge in [-0.1, -0.05) is 48.0 Å². The minimum Gasteiger partial charge on any atom is -0.385 e. The maximum absolute atomic E-state index is 13.3. The molecule has 2 saturated heterocycles. The van der Waals surface area contributed by atoms with E-state index in [-0.39, 0.29) is 18.0 Å².